The van der Waals surface area contributed by atoms with Crippen molar-refractivity contribution in [2.24, 2.45) is 0 Å². The minimum Gasteiger partial charge on any atom is -0.488 e. The summed E-state index contributed by atoms with van der Waals surface area (Å²) in [7, 11) is 0. The van der Waals surface area contributed by atoms with Crippen LogP contribution in [0.4, 0.5) is 22.0 Å². The molecule has 0 saturated carbocycles. The molecule has 0 bridgehead atoms. The third-order valence-electron chi connectivity index (χ3n) is 5.55. The number of alkyl halides is 3. The second-order valence-corrected chi connectivity index (χ2v) is 7.73. The first-order chi connectivity index (χ1) is 16.2. The molecule has 0 aliphatic carbocycles. The summed E-state index contributed by atoms with van der Waals surface area (Å²) >= 11 is 0. The van der Waals surface area contributed by atoms with Gasteiger partial charge in [0.05, 0.1) is 22.3 Å². The summed E-state index contributed by atoms with van der Waals surface area (Å²) in [6.45, 7) is -0.378. The second kappa shape index (κ2) is 8.06. The highest BCUT2D eigenvalue weighted by molar-refractivity contribution is 6.12. The average molecular weight is 467 g/mol. The number of carbonyl (C=O) groups excluding carboxylic acids is 1. The lowest BCUT2D eigenvalue weighted by molar-refractivity contribution is -0.138. The van der Waals surface area contributed by atoms with Gasteiger partial charge in [-0.3, -0.25) is 4.79 Å². The molecule has 3 aromatic carbocycles. The smallest absolute Gasteiger partial charge is 0.416 e. The number of rotatable bonds is 2. The number of hydrogen-bond donors (Lipinski definition) is 0. The topological polar surface area (TPSA) is 39.2 Å². The third-order valence-corrected chi connectivity index (χ3v) is 5.55. The monoisotopic (exact) mass is 467 g/mol. The van der Waals surface area contributed by atoms with Crippen molar-refractivity contribution in [3.63, 3.8) is 0 Å². The summed E-state index contributed by atoms with van der Waals surface area (Å²) in [6, 6.07) is 13.5. The number of aromatic nitrogens is 1. The molecule has 0 atom stereocenters. The van der Waals surface area contributed by atoms with Gasteiger partial charge in [-0.15, -0.1) is 0 Å². The fourth-order valence-electron chi connectivity index (χ4n) is 3.88. The van der Waals surface area contributed by atoms with E-state index in [0.29, 0.717) is 16.6 Å². The zero-order valence-electron chi connectivity index (χ0n) is 17.3. The molecule has 4 aromatic rings. The van der Waals surface area contributed by atoms with Gasteiger partial charge in [0.1, 0.15) is 12.4 Å². The summed E-state index contributed by atoms with van der Waals surface area (Å²) < 4.78 is 72.7. The number of ether oxygens (including phenoxy) is 1. The van der Waals surface area contributed by atoms with E-state index in [-0.39, 0.29) is 34.6 Å². The maximum absolute atomic E-state index is 13.5. The van der Waals surface area contributed by atoms with Crippen LogP contribution in [-0.2, 0) is 12.8 Å². The fourth-order valence-corrected chi connectivity index (χ4v) is 3.88. The lowest BCUT2D eigenvalue weighted by atomic mass is 9.94. The molecule has 8 heteroatoms. The highest BCUT2D eigenvalue weighted by Crippen LogP contribution is 2.37. The molecule has 0 fully saturated rings. The van der Waals surface area contributed by atoms with Crippen molar-refractivity contribution < 1.29 is 31.5 Å². The first-order valence-electron chi connectivity index (χ1n) is 10.2. The quantitative estimate of drug-likeness (QED) is 0.304. The van der Waals surface area contributed by atoms with Gasteiger partial charge in [-0.2, -0.15) is 13.2 Å². The molecule has 5 rings (SSSR count). The molecule has 0 amide bonds. The number of pyridine rings is 1. The number of fused-ring (bicyclic) bond motifs is 3. The Morgan fingerprint density at radius 3 is 2.47 bits per heavy atom. The Morgan fingerprint density at radius 1 is 0.882 bits per heavy atom. The largest absolute Gasteiger partial charge is 0.488 e. The van der Waals surface area contributed by atoms with Crippen LogP contribution in [0.1, 0.15) is 38.3 Å². The average Bonchev–Trinajstić information content (AvgIpc) is 2.94. The first kappa shape index (κ1) is 21.8. The molecule has 0 radical (unpaired) electrons. The molecular formula is C26H14F5NO2. The summed E-state index contributed by atoms with van der Waals surface area (Å²) in [6.07, 6.45) is -1.33. The van der Waals surface area contributed by atoms with Gasteiger partial charge in [0.15, 0.2) is 17.4 Å². The minimum atomic E-state index is -4.61. The molecule has 2 heterocycles. The van der Waals surface area contributed by atoms with E-state index < -0.39 is 29.2 Å². The zero-order valence-corrected chi connectivity index (χ0v) is 17.3. The lowest BCUT2D eigenvalue weighted by Gasteiger charge is -2.13. The normalized spacial score (nSPS) is 13.5. The van der Waals surface area contributed by atoms with Crippen LogP contribution in [0.25, 0.3) is 23.1 Å². The number of carbonyl (C=O) groups is 1. The zero-order chi connectivity index (χ0) is 24.0. The van der Waals surface area contributed by atoms with E-state index in [4.69, 9.17) is 4.74 Å². The van der Waals surface area contributed by atoms with Gasteiger partial charge in [-0.05, 0) is 42.0 Å². The van der Waals surface area contributed by atoms with Crippen LogP contribution in [0.2, 0.25) is 0 Å². The molecule has 1 aromatic heterocycles. The lowest BCUT2D eigenvalue weighted by Crippen LogP contribution is -2.13. The highest BCUT2D eigenvalue weighted by Gasteiger charge is 2.36. The number of halogens is 5. The fraction of sp³-hybridized carbons (Fsp3) is 0.0769. The maximum atomic E-state index is 13.5. The van der Waals surface area contributed by atoms with E-state index in [1.807, 2.05) is 0 Å². The molecule has 3 nitrogen and oxygen atoms in total. The molecular weight excluding hydrogens is 453 g/mol. The van der Waals surface area contributed by atoms with Crippen LogP contribution < -0.4 is 4.74 Å². The highest BCUT2D eigenvalue weighted by atomic mass is 19.4. The summed E-state index contributed by atoms with van der Waals surface area (Å²) in [4.78, 5) is 17.4. The van der Waals surface area contributed by atoms with Crippen molar-refractivity contribution in [2.75, 3.05) is 0 Å². The van der Waals surface area contributed by atoms with Crippen LogP contribution in [0.3, 0.4) is 0 Å². The van der Waals surface area contributed by atoms with E-state index in [2.05, 4.69) is 4.98 Å². The van der Waals surface area contributed by atoms with Gasteiger partial charge in [-0.1, -0.05) is 30.3 Å². The van der Waals surface area contributed by atoms with E-state index in [1.165, 1.54) is 24.3 Å². The Labute approximate surface area is 190 Å². The van der Waals surface area contributed by atoms with Gasteiger partial charge in [0.2, 0.25) is 0 Å². The van der Waals surface area contributed by atoms with Crippen LogP contribution in [-0.4, -0.2) is 10.8 Å². The second-order valence-electron chi connectivity index (χ2n) is 7.73. The van der Waals surface area contributed by atoms with E-state index in [0.717, 1.165) is 18.2 Å². The molecule has 1 aliphatic rings. The van der Waals surface area contributed by atoms with Crippen LogP contribution in [0, 0.1) is 11.6 Å². The third kappa shape index (κ3) is 3.91. The van der Waals surface area contributed by atoms with Gasteiger partial charge in [0.25, 0.3) is 0 Å². The van der Waals surface area contributed by atoms with Crippen LogP contribution >= 0.6 is 0 Å². The van der Waals surface area contributed by atoms with Gasteiger partial charge >= 0.3 is 6.18 Å². The molecule has 34 heavy (non-hydrogen) atoms. The van der Waals surface area contributed by atoms with E-state index >= 15 is 0 Å². The van der Waals surface area contributed by atoms with E-state index in [1.54, 1.807) is 30.4 Å². The summed E-state index contributed by atoms with van der Waals surface area (Å²) in [5, 5.41) is 0.445. The molecule has 0 unspecified atom stereocenters. The molecule has 170 valence electrons. The number of ketones is 1. The van der Waals surface area contributed by atoms with Crippen molar-refractivity contribution in [1.82, 2.24) is 4.98 Å². The molecule has 0 saturated heterocycles. The Bertz CT molecular complexity index is 1490. The number of benzene rings is 3. The maximum Gasteiger partial charge on any atom is 0.416 e. The summed E-state index contributed by atoms with van der Waals surface area (Å²) in [5.41, 5.74) is 0.324. The Balaban J connectivity index is 1.49. The predicted molar refractivity (Wildman–Crippen MR) is 116 cm³/mol. The first-order valence-corrected chi connectivity index (χ1v) is 10.2. The Morgan fingerprint density at radius 2 is 1.68 bits per heavy atom. The summed E-state index contributed by atoms with van der Waals surface area (Å²) in [5.74, 6) is -2.34. The standard InChI is InChI=1S/C26H14F5NO2/c27-21-11-15-6-8-16(32-23(15)12-22(21)28)7-4-14-5-9-24-18(10-14)25(33)17-2-1-3-20(26(29,30)31)19(17)13-34-24/h1-12H,13H2. The Kier molecular flexibility index (Phi) is 5.16. The van der Waals surface area contributed by atoms with Crippen molar-refractivity contribution in [2.45, 2.75) is 12.8 Å². The van der Waals surface area contributed by atoms with Crippen molar-refractivity contribution in [3.05, 3.63) is 106 Å². The van der Waals surface area contributed by atoms with Crippen molar-refractivity contribution in [3.8, 4) is 5.75 Å². The van der Waals surface area contributed by atoms with Crippen LogP contribution in [0.15, 0.2) is 60.7 Å². The molecule has 1 aliphatic heterocycles. The Hall–Kier alpha value is -4.07. The van der Waals surface area contributed by atoms with Crippen molar-refractivity contribution in [1.29, 1.82) is 0 Å². The minimum absolute atomic E-state index is 0.0554. The van der Waals surface area contributed by atoms with Crippen molar-refractivity contribution >= 4 is 28.8 Å². The molecule has 0 N–H and O–H groups in total. The molecule has 0 spiro atoms. The predicted octanol–water partition coefficient (Wildman–Crippen LogP) is 6.83. The van der Waals surface area contributed by atoms with E-state index in [9.17, 15) is 26.7 Å². The van der Waals surface area contributed by atoms with Gasteiger partial charge < -0.3 is 4.74 Å². The SMILES string of the molecule is O=C1c2cc(C=Cc3ccc4cc(F)c(F)cc4n3)ccc2OCc2c1cccc2C(F)(F)F. The number of nitrogens with zero attached hydrogens (tertiary/aromatic N) is 1. The number of hydrogen-bond acceptors (Lipinski definition) is 3. The van der Waals surface area contributed by atoms with Gasteiger partial charge in [-0.25, -0.2) is 13.8 Å². The van der Waals surface area contributed by atoms with Crippen LogP contribution in [0.5, 0.6) is 5.75 Å². The van der Waals surface area contributed by atoms with Gasteiger partial charge in [0, 0.05) is 22.6 Å².